The first-order valence-electron chi connectivity index (χ1n) is 11.5. The molecule has 3 aromatic carbocycles. The number of ether oxygens (including phenoxy) is 2. The molecule has 0 bridgehead atoms. The van der Waals surface area contributed by atoms with E-state index in [1.54, 1.807) is 38.1 Å². The van der Waals surface area contributed by atoms with E-state index in [2.05, 4.69) is 16.3 Å². The van der Waals surface area contributed by atoms with Crippen molar-refractivity contribution in [2.45, 2.75) is 19.9 Å². The molecule has 0 aromatic heterocycles. The van der Waals surface area contributed by atoms with Crippen LogP contribution in [0.25, 0.3) is 0 Å². The van der Waals surface area contributed by atoms with Crippen LogP contribution >= 0.6 is 11.6 Å². The zero-order chi connectivity index (χ0) is 24.8. The molecule has 0 aliphatic carbocycles. The molecule has 0 saturated carbocycles. The topological polar surface area (TPSA) is 67.9 Å². The first-order chi connectivity index (χ1) is 17.0. The maximum absolute atomic E-state index is 12.1. The second-order valence-electron chi connectivity index (χ2n) is 7.98. The lowest BCUT2D eigenvalue weighted by atomic mass is 10.1. The molecule has 0 fully saturated rings. The highest BCUT2D eigenvalue weighted by molar-refractivity contribution is 6.31. The van der Waals surface area contributed by atoms with Crippen molar-refractivity contribution in [3.05, 3.63) is 106 Å². The van der Waals surface area contributed by atoms with Crippen LogP contribution in [0.4, 0.5) is 11.4 Å². The highest BCUT2D eigenvalue weighted by Gasteiger charge is 2.28. The van der Waals surface area contributed by atoms with Crippen LogP contribution in [0.2, 0.25) is 5.02 Å². The average Bonchev–Trinajstić information content (AvgIpc) is 3.28. The lowest BCUT2D eigenvalue weighted by Gasteiger charge is -2.28. The number of benzene rings is 3. The molecule has 1 heterocycles. The Bertz CT molecular complexity index is 1220. The van der Waals surface area contributed by atoms with E-state index in [1.165, 1.54) is 0 Å². The van der Waals surface area contributed by atoms with Crippen LogP contribution in [0.1, 0.15) is 46.2 Å². The monoisotopic (exact) mass is 490 g/mol. The zero-order valence-electron chi connectivity index (χ0n) is 19.7. The molecule has 1 aliphatic rings. The van der Waals surface area contributed by atoms with E-state index in [1.807, 2.05) is 48.5 Å². The third-order valence-electron chi connectivity index (χ3n) is 5.67. The molecule has 1 atom stereocenters. The Morgan fingerprint density at radius 3 is 2.03 bits per heavy atom. The fourth-order valence-electron chi connectivity index (χ4n) is 4.01. The summed E-state index contributed by atoms with van der Waals surface area (Å²) in [6.45, 7) is 4.85. The van der Waals surface area contributed by atoms with Crippen molar-refractivity contribution < 1.29 is 19.1 Å². The SMILES string of the molecule is CCOC(=O)c1ccc(NC2=C[C@@H](c3ccccc3Cl)N(c3ccc(C(=O)OCC)cc3)C2)cc1. The number of rotatable bonds is 8. The molecule has 35 heavy (non-hydrogen) atoms. The molecule has 6 nitrogen and oxygen atoms in total. The molecule has 7 heteroatoms. The fourth-order valence-corrected chi connectivity index (χ4v) is 4.26. The zero-order valence-corrected chi connectivity index (χ0v) is 20.4. The van der Waals surface area contributed by atoms with Crippen molar-refractivity contribution in [1.82, 2.24) is 0 Å². The van der Waals surface area contributed by atoms with E-state index >= 15 is 0 Å². The number of halogens is 1. The Labute approximate surface area is 210 Å². The maximum atomic E-state index is 12.1. The molecule has 3 aromatic rings. The molecule has 4 rings (SSSR count). The number of anilines is 2. The molecule has 180 valence electrons. The quantitative estimate of drug-likeness (QED) is 0.376. The van der Waals surface area contributed by atoms with E-state index in [4.69, 9.17) is 21.1 Å². The van der Waals surface area contributed by atoms with Crippen molar-refractivity contribution in [1.29, 1.82) is 0 Å². The first kappa shape index (κ1) is 24.4. The van der Waals surface area contributed by atoms with E-state index in [9.17, 15) is 9.59 Å². The highest BCUT2D eigenvalue weighted by atomic mass is 35.5. The summed E-state index contributed by atoms with van der Waals surface area (Å²) in [6, 6.07) is 22.3. The van der Waals surface area contributed by atoms with E-state index in [0.29, 0.717) is 35.9 Å². The first-order valence-corrected chi connectivity index (χ1v) is 11.9. The number of carbonyl (C=O) groups excluding carboxylic acids is 2. The van der Waals surface area contributed by atoms with Crippen LogP contribution in [0.15, 0.2) is 84.6 Å². The highest BCUT2D eigenvalue weighted by Crippen LogP contribution is 2.38. The number of nitrogens with zero attached hydrogens (tertiary/aromatic N) is 1. The lowest BCUT2D eigenvalue weighted by molar-refractivity contribution is 0.0517. The summed E-state index contributed by atoms with van der Waals surface area (Å²) >= 11 is 6.56. The Hall–Kier alpha value is -3.77. The van der Waals surface area contributed by atoms with Gasteiger partial charge in [0.1, 0.15) is 0 Å². The molecule has 0 amide bonds. The normalized spacial score (nSPS) is 14.9. The standard InChI is InChI=1S/C28H27ClN2O4/c1-3-34-27(32)19-9-13-21(14-10-19)30-22-17-26(24-7-5-6-8-25(24)29)31(18-22)23-15-11-20(12-16-23)28(33)35-4-2/h5-17,26,30H,3-4,18H2,1-2H3/t26-/m0/s1. The second-order valence-corrected chi connectivity index (χ2v) is 8.38. The minimum atomic E-state index is -0.338. The molecular weight excluding hydrogens is 464 g/mol. The number of nitrogens with one attached hydrogen (secondary N) is 1. The Morgan fingerprint density at radius 2 is 1.46 bits per heavy atom. The van der Waals surface area contributed by atoms with Crippen LogP contribution in [-0.2, 0) is 9.47 Å². The summed E-state index contributed by atoms with van der Waals surface area (Å²) < 4.78 is 10.2. The van der Waals surface area contributed by atoms with Crippen LogP contribution in [-0.4, -0.2) is 31.7 Å². The second kappa shape index (κ2) is 11.1. The van der Waals surface area contributed by atoms with Gasteiger partial charge >= 0.3 is 11.9 Å². The van der Waals surface area contributed by atoms with Gasteiger partial charge in [-0.1, -0.05) is 29.8 Å². The van der Waals surface area contributed by atoms with Crippen molar-refractivity contribution in [2.24, 2.45) is 0 Å². The van der Waals surface area contributed by atoms with Crippen molar-refractivity contribution in [3.8, 4) is 0 Å². The number of carbonyl (C=O) groups is 2. The molecular formula is C28H27ClN2O4. The van der Waals surface area contributed by atoms with Gasteiger partial charge in [-0.2, -0.15) is 0 Å². The van der Waals surface area contributed by atoms with Gasteiger partial charge in [-0.05, 0) is 80.1 Å². The third-order valence-corrected chi connectivity index (χ3v) is 6.01. The van der Waals surface area contributed by atoms with Gasteiger partial charge in [0.05, 0.1) is 36.9 Å². The van der Waals surface area contributed by atoms with Crippen molar-refractivity contribution in [2.75, 3.05) is 30.0 Å². The van der Waals surface area contributed by atoms with Gasteiger partial charge in [0, 0.05) is 22.1 Å². The third kappa shape index (κ3) is 5.66. The van der Waals surface area contributed by atoms with Gasteiger partial charge < -0.3 is 19.7 Å². The lowest BCUT2D eigenvalue weighted by Crippen LogP contribution is -2.25. The summed E-state index contributed by atoms with van der Waals surface area (Å²) in [6.07, 6.45) is 2.14. The Morgan fingerprint density at radius 1 is 0.886 bits per heavy atom. The smallest absolute Gasteiger partial charge is 0.338 e. The van der Waals surface area contributed by atoms with Crippen LogP contribution in [0.5, 0.6) is 0 Å². The van der Waals surface area contributed by atoms with Crippen LogP contribution in [0.3, 0.4) is 0 Å². The van der Waals surface area contributed by atoms with Crippen LogP contribution < -0.4 is 10.2 Å². The number of hydrogen-bond acceptors (Lipinski definition) is 6. The van der Waals surface area contributed by atoms with Gasteiger partial charge in [-0.3, -0.25) is 0 Å². The van der Waals surface area contributed by atoms with E-state index < -0.39 is 0 Å². The summed E-state index contributed by atoms with van der Waals surface area (Å²) in [5.74, 6) is -0.676. The minimum absolute atomic E-state index is 0.0987. The summed E-state index contributed by atoms with van der Waals surface area (Å²) in [5.41, 5.74) is 4.81. The van der Waals surface area contributed by atoms with Gasteiger partial charge in [0.2, 0.25) is 0 Å². The Balaban J connectivity index is 1.58. The van der Waals surface area contributed by atoms with Crippen molar-refractivity contribution >= 4 is 34.9 Å². The van der Waals surface area contributed by atoms with E-state index in [0.717, 1.165) is 22.6 Å². The number of hydrogen-bond donors (Lipinski definition) is 1. The van der Waals surface area contributed by atoms with Crippen LogP contribution in [0, 0.1) is 0 Å². The molecule has 0 spiro atoms. The molecule has 1 N–H and O–H groups in total. The minimum Gasteiger partial charge on any atom is -0.462 e. The molecule has 1 aliphatic heterocycles. The molecule has 0 saturated heterocycles. The average molecular weight is 491 g/mol. The van der Waals surface area contributed by atoms with Gasteiger partial charge in [0.15, 0.2) is 0 Å². The summed E-state index contributed by atoms with van der Waals surface area (Å²) in [4.78, 5) is 26.2. The number of esters is 2. The predicted octanol–water partition coefficient (Wildman–Crippen LogP) is 6.25. The maximum Gasteiger partial charge on any atom is 0.338 e. The van der Waals surface area contributed by atoms with Crippen molar-refractivity contribution in [3.63, 3.8) is 0 Å². The van der Waals surface area contributed by atoms with Gasteiger partial charge in [0.25, 0.3) is 0 Å². The van der Waals surface area contributed by atoms with Gasteiger partial charge in [-0.15, -0.1) is 0 Å². The van der Waals surface area contributed by atoms with E-state index in [-0.39, 0.29) is 18.0 Å². The molecule has 0 unspecified atom stereocenters. The summed E-state index contributed by atoms with van der Waals surface area (Å²) in [5, 5.41) is 4.14. The Kier molecular flexibility index (Phi) is 7.73. The predicted molar refractivity (Wildman–Crippen MR) is 138 cm³/mol. The fraction of sp³-hybridized carbons (Fsp3) is 0.214. The van der Waals surface area contributed by atoms with Gasteiger partial charge in [-0.25, -0.2) is 9.59 Å². The largest absolute Gasteiger partial charge is 0.462 e. The summed E-state index contributed by atoms with van der Waals surface area (Å²) in [7, 11) is 0. The molecule has 0 radical (unpaired) electrons.